The van der Waals surface area contributed by atoms with Gasteiger partial charge in [0.1, 0.15) is 0 Å². The molecule has 1 aromatic carbocycles. The second kappa shape index (κ2) is 8.34. The summed E-state index contributed by atoms with van der Waals surface area (Å²) in [6.07, 6.45) is 4.14. The lowest BCUT2D eigenvalue weighted by atomic mass is 10.0. The molecule has 0 saturated heterocycles. The monoisotopic (exact) mass is 225 g/mol. The van der Waals surface area contributed by atoms with Crippen molar-refractivity contribution < 1.29 is 9.46 Å². The van der Waals surface area contributed by atoms with E-state index in [1.54, 1.807) is 0 Å². The fourth-order valence-electron chi connectivity index (χ4n) is 1.45. The fourth-order valence-corrected chi connectivity index (χ4v) is 1.45. The number of hydrogen-bond donors (Lipinski definition) is 1. The van der Waals surface area contributed by atoms with Gasteiger partial charge in [0.25, 0.3) is 0 Å². The van der Waals surface area contributed by atoms with Crippen molar-refractivity contribution >= 4 is 14.8 Å². The Morgan fingerprint density at radius 3 is 2.27 bits per heavy atom. The van der Waals surface area contributed by atoms with Gasteiger partial charge < -0.3 is 0 Å². The summed E-state index contributed by atoms with van der Waals surface area (Å²) in [6, 6.07) is 6.56. The van der Waals surface area contributed by atoms with Crippen LogP contribution >= 0.6 is 8.69 Å². The molecular formula is C12H18O2P+. The number of benzene rings is 1. The topological polar surface area (TPSA) is 37.3 Å². The second-order valence-electron chi connectivity index (χ2n) is 3.03. The molecule has 82 valence electrons. The van der Waals surface area contributed by atoms with E-state index in [9.17, 15) is 0 Å². The highest BCUT2D eigenvalue weighted by molar-refractivity contribution is 7.16. The van der Waals surface area contributed by atoms with E-state index in [0.717, 1.165) is 12.8 Å². The van der Waals surface area contributed by atoms with E-state index in [1.807, 2.05) is 6.08 Å². The molecule has 1 rings (SSSR count). The number of hydrogen-bond acceptors (Lipinski definition) is 1. The summed E-state index contributed by atoms with van der Waals surface area (Å²) >= 11 is 0. The molecule has 1 atom stereocenters. The van der Waals surface area contributed by atoms with Crippen LogP contribution in [0.25, 0.3) is 6.08 Å². The van der Waals surface area contributed by atoms with E-state index >= 15 is 0 Å². The molecule has 0 aromatic heterocycles. The van der Waals surface area contributed by atoms with Gasteiger partial charge in [0, 0.05) is 0 Å². The van der Waals surface area contributed by atoms with E-state index in [-0.39, 0.29) is 0 Å². The Bertz CT molecular complexity index is 321. The minimum atomic E-state index is -1.17. The highest BCUT2D eigenvalue weighted by atomic mass is 31.1. The third kappa shape index (κ3) is 4.87. The maximum Gasteiger partial charge on any atom is 0.491 e. The predicted molar refractivity (Wildman–Crippen MR) is 66.5 cm³/mol. The number of aryl methyl sites for hydroxylation is 2. The van der Waals surface area contributed by atoms with Crippen LogP contribution in [0.3, 0.4) is 0 Å². The standard InChI is InChI=1S/C12H16.HO2P/c1-4-10-7-8-11(5-2)12(6-3)9-10;1-3-2/h4,7-9H,1,5-6H2,2-3H3;3H/p+1. The molecule has 1 aromatic rings. The SMILES string of the molecule is C=Cc1ccc(CC)c(CC)c1.O=[PH+]O. The van der Waals surface area contributed by atoms with Crippen LogP contribution in [-0.2, 0) is 17.4 Å². The fraction of sp³-hybridized carbons (Fsp3) is 0.333. The van der Waals surface area contributed by atoms with Crippen LogP contribution in [0.2, 0.25) is 0 Å². The molecular weight excluding hydrogens is 207 g/mol. The molecule has 0 fully saturated rings. The van der Waals surface area contributed by atoms with Gasteiger partial charge in [-0.1, -0.05) is 44.7 Å². The maximum atomic E-state index is 8.51. The Kier molecular flexibility index (Phi) is 7.79. The summed E-state index contributed by atoms with van der Waals surface area (Å²) < 4.78 is 8.51. The van der Waals surface area contributed by atoms with Crippen molar-refractivity contribution in [2.24, 2.45) is 0 Å². The molecule has 0 amide bonds. The number of rotatable bonds is 3. The van der Waals surface area contributed by atoms with E-state index in [1.165, 1.54) is 16.7 Å². The summed E-state index contributed by atoms with van der Waals surface area (Å²) in [5.41, 5.74) is 4.14. The van der Waals surface area contributed by atoms with Gasteiger partial charge in [-0.25, -0.2) is 0 Å². The van der Waals surface area contributed by atoms with Gasteiger partial charge >= 0.3 is 8.69 Å². The third-order valence-corrected chi connectivity index (χ3v) is 2.23. The first kappa shape index (κ1) is 14.0. The Balaban J connectivity index is 0.000000583. The molecule has 0 heterocycles. The van der Waals surface area contributed by atoms with Crippen LogP contribution in [0.15, 0.2) is 24.8 Å². The Labute approximate surface area is 92.9 Å². The predicted octanol–water partition coefficient (Wildman–Crippen LogP) is 3.37. The quantitative estimate of drug-likeness (QED) is 0.801. The lowest BCUT2D eigenvalue weighted by molar-refractivity contribution is 0.524. The van der Waals surface area contributed by atoms with Gasteiger partial charge in [-0.2, -0.15) is 4.89 Å². The van der Waals surface area contributed by atoms with E-state index in [4.69, 9.17) is 9.46 Å². The van der Waals surface area contributed by atoms with Gasteiger partial charge in [-0.15, -0.1) is 0 Å². The van der Waals surface area contributed by atoms with Crippen LogP contribution in [0.1, 0.15) is 30.5 Å². The molecule has 1 N–H and O–H groups in total. The molecule has 2 nitrogen and oxygen atoms in total. The molecule has 3 heteroatoms. The van der Waals surface area contributed by atoms with Crippen molar-refractivity contribution in [2.45, 2.75) is 26.7 Å². The van der Waals surface area contributed by atoms with Crippen molar-refractivity contribution in [1.82, 2.24) is 0 Å². The van der Waals surface area contributed by atoms with Crippen molar-refractivity contribution in [3.63, 3.8) is 0 Å². The van der Waals surface area contributed by atoms with Gasteiger partial charge in [0.15, 0.2) is 0 Å². The smallest absolute Gasteiger partial charge is 0.162 e. The van der Waals surface area contributed by atoms with Crippen LogP contribution < -0.4 is 0 Å². The van der Waals surface area contributed by atoms with Crippen molar-refractivity contribution in [1.29, 1.82) is 0 Å². The molecule has 0 aliphatic heterocycles. The molecule has 0 radical (unpaired) electrons. The summed E-state index contributed by atoms with van der Waals surface area (Å²) in [6.45, 7) is 8.15. The molecule has 0 aliphatic rings. The average molecular weight is 225 g/mol. The zero-order chi connectivity index (χ0) is 11.7. The first-order valence-corrected chi connectivity index (χ1v) is 5.84. The lowest BCUT2D eigenvalue weighted by Crippen LogP contribution is -1.90. The van der Waals surface area contributed by atoms with Gasteiger partial charge in [-0.05, 0) is 34.1 Å². The normalized spacial score (nSPS) is 9.27. The third-order valence-electron chi connectivity index (χ3n) is 2.23. The Morgan fingerprint density at radius 1 is 1.33 bits per heavy atom. The van der Waals surface area contributed by atoms with Gasteiger partial charge in [-0.3, -0.25) is 0 Å². The molecule has 0 aliphatic carbocycles. The van der Waals surface area contributed by atoms with Gasteiger partial charge in [0.05, 0.1) is 0 Å². The zero-order valence-electron chi connectivity index (χ0n) is 9.29. The summed E-state index contributed by atoms with van der Waals surface area (Å²) in [7, 11) is -1.17. The van der Waals surface area contributed by atoms with Crippen LogP contribution in [0.4, 0.5) is 0 Å². The highest BCUT2D eigenvalue weighted by Crippen LogP contribution is 2.14. The summed E-state index contributed by atoms with van der Waals surface area (Å²) in [5, 5.41) is 0. The molecule has 15 heavy (non-hydrogen) atoms. The molecule has 0 bridgehead atoms. The Morgan fingerprint density at radius 2 is 1.87 bits per heavy atom. The van der Waals surface area contributed by atoms with E-state index in [2.05, 4.69) is 38.6 Å². The lowest BCUT2D eigenvalue weighted by Gasteiger charge is -2.05. The first-order valence-electron chi connectivity index (χ1n) is 4.98. The second-order valence-corrected chi connectivity index (χ2v) is 3.21. The van der Waals surface area contributed by atoms with Crippen molar-refractivity contribution in [2.75, 3.05) is 0 Å². The molecule has 0 saturated carbocycles. The Hall–Kier alpha value is -0.980. The van der Waals surface area contributed by atoms with Crippen LogP contribution in [0.5, 0.6) is 0 Å². The minimum Gasteiger partial charge on any atom is -0.162 e. The summed E-state index contributed by atoms with van der Waals surface area (Å²) in [5.74, 6) is 0. The maximum absolute atomic E-state index is 8.51. The van der Waals surface area contributed by atoms with E-state index in [0.29, 0.717) is 0 Å². The van der Waals surface area contributed by atoms with Crippen LogP contribution in [0, 0.1) is 0 Å². The summed E-state index contributed by atoms with van der Waals surface area (Å²) in [4.78, 5) is 7.04. The van der Waals surface area contributed by atoms with Crippen molar-refractivity contribution in [3.8, 4) is 0 Å². The largest absolute Gasteiger partial charge is 0.491 e. The van der Waals surface area contributed by atoms with Crippen molar-refractivity contribution in [3.05, 3.63) is 41.5 Å². The minimum absolute atomic E-state index is 1.12. The zero-order valence-corrected chi connectivity index (χ0v) is 10.3. The molecule has 1 unspecified atom stereocenters. The molecule has 0 spiro atoms. The van der Waals surface area contributed by atoms with E-state index < -0.39 is 8.69 Å². The highest BCUT2D eigenvalue weighted by Gasteiger charge is 1.97. The van der Waals surface area contributed by atoms with Crippen LogP contribution in [-0.4, -0.2) is 4.89 Å². The average Bonchev–Trinajstić information content (AvgIpc) is 2.29. The first-order chi connectivity index (χ1) is 7.23. The van der Waals surface area contributed by atoms with Gasteiger partial charge in [0.2, 0.25) is 0 Å².